The molecule has 2 aromatic rings. The van der Waals surface area contributed by atoms with Crippen molar-refractivity contribution >= 4 is 32.7 Å². The van der Waals surface area contributed by atoms with Crippen LogP contribution in [0, 0.1) is 0 Å². The highest BCUT2D eigenvalue weighted by molar-refractivity contribution is 7.22. The second-order valence-corrected chi connectivity index (χ2v) is 9.21. The van der Waals surface area contributed by atoms with Gasteiger partial charge in [0.25, 0.3) is 0 Å². The Morgan fingerprint density at radius 3 is 2.29 bits per heavy atom. The minimum atomic E-state index is -5.08. The third-order valence-electron chi connectivity index (χ3n) is 5.60. The normalized spacial score (nSPS) is 18.5. The number of carboxylic acids is 1. The predicted molar refractivity (Wildman–Crippen MR) is 117 cm³/mol. The molecule has 0 amide bonds. The van der Waals surface area contributed by atoms with Crippen molar-refractivity contribution in [1.82, 2.24) is 14.8 Å². The van der Waals surface area contributed by atoms with Gasteiger partial charge in [-0.2, -0.15) is 13.2 Å². The number of aliphatic carboxylic acids is 1. The number of carbonyl (C=O) groups is 1. The molecule has 1 aromatic carbocycles. The summed E-state index contributed by atoms with van der Waals surface area (Å²) in [4.78, 5) is 21.4. The van der Waals surface area contributed by atoms with Crippen LogP contribution in [0.3, 0.4) is 0 Å². The number of piperazine rings is 1. The molecular weight excluding hydrogens is 429 g/mol. The molecule has 6 nitrogen and oxygen atoms in total. The Balaban J connectivity index is 0.000000339. The van der Waals surface area contributed by atoms with Crippen LogP contribution in [-0.4, -0.2) is 77.3 Å². The molecule has 0 unspecified atom stereocenters. The first-order chi connectivity index (χ1) is 14.6. The number of thiazole rings is 1. The van der Waals surface area contributed by atoms with Gasteiger partial charge in [-0.1, -0.05) is 17.4 Å². The van der Waals surface area contributed by atoms with E-state index in [9.17, 15) is 13.2 Å². The number of hydrogen-bond donors (Lipinski definition) is 1. The molecule has 3 heterocycles. The lowest BCUT2D eigenvalue weighted by atomic mass is 10.2. The zero-order chi connectivity index (χ0) is 22.6. The molecule has 2 saturated heterocycles. The molecule has 31 heavy (non-hydrogen) atoms. The van der Waals surface area contributed by atoms with Gasteiger partial charge in [0.05, 0.1) is 10.2 Å². The fourth-order valence-electron chi connectivity index (χ4n) is 3.82. The Labute approximate surface area is 184 Å². The van der Waals surface area contributed by atoms with Crippen molar-refractivity contribution < 1.29 is 23.1 Å². The second kappa shape index (κ2) is 10.1. The molecule has 2 aliphatic rings. The van der Waals surface area contributed by atoms with Gasteiger partial charge in [0, 0.05) is 38.8 Å². The lowest BCUT2D eigenvalue weighted by molar-refractivity contribution is -0.192. The Morgan fingerprint density at radius 2 is 1.74 bits per heavy atom. The van der Waals surface area contributed by atoms with E-state index in [0.29, 0.717) is 6.04 Å². The van der Waals surface area contributed by atoms with Crippen molar-refractivity contribution in [3.05, 3.63) is 23.8 Å². The van der Waals surface area contributed by atoms with Crippen LogP contribution in [0.25, 0.3) is 10.2 Å². The summed E-state index contributed by atoms with van der Waals surface area (Å²) in [5.74, 6) is -2.76. The molecule has 0 spiro atoms. The molecule has 2 fully saturated rings. The van der Waals surface area contributed by atoms with Gasteiger partial charge in [0.1, 0.15) is 0 Å². The van der Waals surface area contributed by atoms with Crippen molar-refractivity contribution in [2.24, 2.45) is 0 Å². The van der Waals surface area contributed by atoms with Gasteiger partial charge in [-0.15, -0.1) is 0 Å². The number of rotatable bonds is 4. The van der Waals surface area contributed by atoms with Crippen molar-refractivity contribution in [3.8, 4) is 0 Å². The van der Waals surface area contributed by atoms with Crippen molar-refractivity contribution in [2.45, 2.75) is 45.5 Å². The first-order valence-corrected chi connectivity index (χ1v) is 11.4. The zero-order valence-corrected chi connectivity index (χ0v) is 18.7. The standard InChI is InChI=1S/C19H28N4S.C2HF3O2/c1-15(2)22-9-11-23(12-10-22)19-20-17-13-16(5-6-18(17)24-19)14-21-7-3-4-8-21;3-2(4,5)1(6)7/h5-6,13,15H,3-4,7-12,14H2,1-2H3;(H,6,7). The summed E-state index contributed by atoms with van der Waals surface area (Å²) < 4.78 is 33.1. The van der Waals surface area contributed by atoms with E-state index in [0.717, 1.165) is 32.7 Å². The highest BCUT2D eigenvalue weighted by Crippen LogP contribution is 2.30. The first-order valence-electron chi connectivity index (χ1n) is 10.5. The maximum Gasteiger partial charge on any atom is 0.490 e. The maximum atomic E-state index is 10.6. The van der Waals surface area contributed by atoms with Gasteiger partial charge in [0.15, 0.2) is 5.13 Å². The monoisotopic (exact) mass is 458 g/mol. The SMILES string of the molecule is CC(C)N1CCN(c2nc3cc(CN4CCCC4)ccc3s2)CC1.O=C(O)C(F)(F)F. The van der Waals surface area contributed by atoms with Gasteiger partial charge < -0.3 is 10.0 Å². The Morgan fingerprint density at radius 1 is 1.13 bits per heavy atom. The molecule has 1 N–H and O–H groups in total. The average molecular weight is 459 g/mol. The summed E-state index contributed by atoms with van der Waals surface area (Å²) in [5, 5.41) is 8.33. The predicted octanol–water partition coefficient (Wildman–Crippen LogP) is 4.06. The number of likely N-dealkylation sites (tertiary alicyclic amines) is 1. The van der Waals surface area contributed by atoms with E-state index in [1.807, 2.05) is 11.3 Å². The van der Waals surface area contributed by atoms with E-state index >= 15 is 0 Å². The van der Waals surface area contributed by atoms with Crippen LogP contribution in [0.2, 0.25) is 0 Å². The Bertz CT molecular complexity index is 873. The molecule has 0 aliphatic carbocycles. The number of benzene rings is 1. The first kappa shape index (κ1) is 23.7. The van der Waals surface area contributed by atoms with E-state index in [-0.39, 0.29) is 0 Å². The number of carboxylic acid groups (broad SMARTS) is 1. The van der Waals surface area contributed by atoms with E-state index in [2.05, 4.69) is 46.7 Å². The van der Waals surface area contributed by atoms with Crippen LogP contribution in [0.4, 0.5) is 18.3 Å². The fraction of sp³-hybridized carbons (Fsp3) is 0.619. The minimum Gasteiger partial charge on any atom is -0.475 e. The van der Waals surface area contributed by atoms with E-state index < -0.39 is 12.1 Å². The molecule has 1 aromatic heterocycles. The van der Waals surface area contributed by atoms with Crippen LogP contribution in [0.1, 0.15) is 32.3 Å². The molecule has 0 radical (unpaired) electrons. The molecule has 10 heteroatoms. The fourth-order valence-corrected chi connectivity index (χ4v) is 4.82. The van der Waals surface area contributed by atoms with Crippen LogP contribution in [-0.2, 0) is 11.3 Å². The van der Waals surface area contributed by atoms with Crippen LogP contribution in [0.5, 0.6) is 0 Å². The number of hydrogen-bond acceptors (Lipinski definition) is 6. The van der Waals surface area contributed by atoms with Crippen molar-refractivity contribution in [3.63, 3.8) is 0 Å². The van der Waals surface area contributed by atoms with E-state index in [1.165, 1.54) is 46.8 Å². The van der Waals surface area contributed by atoms with Crippen molar-refractivity contribution in [2.75, 3.05) is 44.2 Å². The number of anilines is 1. The van der Waals surface area contributed by atoms with E-state index in [4.69, 9.17) is 14.9 Å². The van der Waals surface area contributed by atoms with Gasteiger partial charge in [-0.3, -0.25) is 9.80 Å². The lowest BCUT2D eigenvalue weighted by Crippen LogP contribution is -2.48. The topological polar surface area (TPSA) is 59.9 Å². The second-order valence-electron chi connectivity index (χ2n) is 8.20. The summed E-state index contributed by atoms with van der Waals surface area (Å²) >= 11 is 1.85. The lowest BCUT2D eigenvalue weighted by Gasteiger charge is -2.36. The number of aromatic nitrogens is 1. The molecule has 2 aliphatic heterocycles. The van der Waals surface area contributed by atoms with Gasteiger partial charge in [0.2, 0.25) is 0 Å². The summed E-state index contributed by atoms with van der Waals surface area (Å²) in [6.45, 7) is 12.6. The van der Waals surface area contributed by atoms with Crippen LogP contribution >= 0.6 is 11.3 Å². The quantitative estimate of drug-likeness (QED) is 0.746. The number of fused-ring (bicyclic) bond motifs is 1. The molecule has 172 valence electrons. The highest BCUT2D eigenvalue weighted by atomic mass is 32.1. The molecule has 0 atom stereocenters. The van der Waals surface area contributed by atoms with E-state index in [1.54, 1.807) is 0 Å². The third-order valence-corrected chi connectivity index (χ3v) is 6.70. The Kier molecular flexibility index (Phi) is 7.77. The number of halogens is 3. The highest BCUT2D eigenvalue weighted by Gasteiger charge is 2.38. The molecule has 4 rings (SSSR count). The van der Waals surface area contributed by atoms with Crippen LogP contribution in [0.15, 0.2) is 18.2 Å². The molecule has 0 bridgehead atoms. The van der Waals surface area contributed by atoms with Gasteiger partial charge >= 0.3 is 12.1 Å². The summed E-state index contributed by atoms with van der Waals surface area (Å²) in [7, 11) is 0. The van der Waals surface area contributed by atoms with Crippen molar-refractivity contribution in [1.29, 1.82) is 0 Å². The van der Waals surface area contributed by atoms with Gasteiger partial charge in [-0.05, 0) is 57.5 Å². The summed E-state index contributed by atoms with van der Waals surface area (Å²) in [6, 6.07) is 7.51. The third kappa shape index (κ3) is 6.54. The minimum absolute atomic E-state index is 0.649. The largest absolute Gasteiger partial charge is 0.490 e. The smallest absolute Gasteiger partial charge is 0.475 e. The van der Waals surface area contributed by atoms with Crippen LogP contribution < -0.4 is 4.90 Å². The Hall–Kier alpha value is -1.91. The maximum absolute atomic E-state index is 10.6. The average Bonchev–Trinajstić information content (AvgIpc) is 3.37. The number of nitrogens with zero attached hydrogens (tertiary/aromatic N) is 4. The number of alkyl halides is 3. The zero-order valence-electron chi connectivity index (χ0n) is 17.9. The molecular formula is C21H29F3N4O2S. The summed E-state index contributed by atoms with van der Waals surface area (Å²) in [5.41, 5.74) is 2.59. The molecule has 0 saturated carbocycles. The van der Waals surface area contributed by atoms with Gasteiger partial charge in [-0.25, -0.2) is 9.78 Å². The summed E-state index contributed by atoms with van der Waals surface area (Å²) in [6.07, 6.45) is -2.38.